The van der Waals surface area contributed by atoms with Crippen LogP contribution in [0.15, 0.2) is 24.3 Å². The molecule has 0 bridgehead atoms. The van der Waals surface area contributed by atoms with Crippen LogP contribution in [0.4, 0.5) is 0 Å². The summed E-state index contributed by atoms with van der Waals surface area (Å²) in [5.41, 5.74) is 1.42. The molecule has 0 N–H and O–H groups in total. The van der Waals surface area contributed by atoms with Gasteiger partial charge in [-0.1, -0.05) is 57.5 Å². The summed E-state index contributed by atoms with van der Waals surface area (Å²) in [4.78, 5) is 0. The minimum Gasteiger partial charge on any atom is -0.412 e. The number of hydrogen-bond acceptors (Lipinski definition) is 2. The first-order valence-corrected chi connectivity index (χ1v) is 12.2. The Bertz CT molecular complexity index is 467. The normalized spacial score (nSPS) is 13.1. The molecule has 0 radical (unpaired) electrons. The van der Waals surface area contributed by atoms with Gasteiger partial charge in [0.1, 0.15) is 0 Å². The van der Waals surface area contributed by atoms with Crippen molar-refractivity contribution in [3.63, 3.8) is 0 Å². The van der Waals surface area contributed by atoms with Gasteiger partial charge in [-0.3, -0.25) is 0 Å². The van der Waals surface area contributed by atoms with Crippen molar-refractivity contribution in [2.45, 2.75) is 60.6 Å². The van der Waals surface area contributed by atoms with Gasteiger partial charge in [0.2, 0.25) is 8.32 Å². The fraction of sp³-hybridized carbons (Fsp3) is 0.714. The van der Waals surface area contributed by atoms with Crippen molar-refractivity contribution in [3.8, 4) is 0 Å². The van der Waals surface area contributed by atoms with Crippen molar-refractivity contribution < 1.29 is 9.16 Å². The summed E-state index contributed by atoms with van der Waals surface area (Å²) in [7, 11) is -0.0814. The van der Waals surface area contributed by atoms with E-state index in [4.69, 9.17) is 9.16 Å². The summed E-state index contributed by atoms with van der Waals surface area (Å²) in [6.45, 7) is 17.5. The zero-order valence-electron chi connectivity index (χ0n) is 17.1. The molecular weight excluding hydrogens is 312 g/mol. The summed E-state index contributed by atoms with van der Waals surface area (Å²) in [6.07, 6.45) is 2.30. The van der Waals surface area contributed by atoms with Gasteiger partial charge in [0.05, 0.1) is 6.61 Å². The smallest absolute Gasteiger partial charge is 0.218 e. The molecule has 0 saturated heterocycles. The van der Waals surface area contributed by atoms with Gasteiger partial charge >= 0.3 is 0 Å². The summed E-state index contributed by atoms with van der Waals surface area (Å²) in [5.74, 6) is 1.29. The maximum atomic E-state index is 6.63. The van der Waals surface area contributed by atoms with Crippen LogP contribution in [0.25, 0.3) is 0 Å². The zero-order chi connectivity index (χ0) is 18.4. The van der Waals surface area contributed by atoms with Crippen LogP contribution in [0.3, 0.4) is 0 Å². The van der Waals surface area contributed by atoms with Crippen LogP contribution < -0.4 is 5.19 Å². The highest BCUT2D eigenvalue weighted by Gasteiger charge is 2.36. The lowest BCUT2D eigenvalue weighted by Crippen LogP contribution is -2.48. The topological polar surface area (TPSA) is 18.5 Å². The van der Waals surface area contributed by atoms with Crippen LogP contribution in [-0.4, -0.2) is 28.6 Å². The summed E-state index contributed by atoms with van der Waals surface area (Å²) >= 11 is 0. The molecule has 0 amide bonds. The molecule has 1 aromatic carbocycles. The molecule has 1 rings (SSSR count). The van der Waals surface area contributed by atoms with Gasteiger partial charge in [-0.25, -0.2) is 0 Å². The standard InChI is InChI=1S/C21H38O2Si/c1-17(2)13-21(15-22-6,14-18(3)4)16-23-24(7,8)20-11-9-19(5)10-12-20/h9-12,17-18H,13-16H2,1-8H3. The number of methoxy groups -OCH3 is 1. The molecular formula is C21H38O2Si. The van der Waals surface area contributed by atoms with Crippen LogP contribution >= 0.6 is 0 Å². The monoisotopic (exact) mass is 350 g/mol. The van der Waals surface area contributed by atoms with Crippen molar-refractivity contribution in [3.05, 3.63) is 29.8 Å². The Hall–Kier alpha value is -0.643. The molecule has 0 heterocycles. The van der Waals surface area contributed by atoms with Crippen LogP contribution in [-0.2, 0) is 9.16 Å². The van der Waals surface area contributed by atoms with Gasteiger partial charge in [0.25, 0.3) is 0 Å². The summed E-state index contributed by atoms with van der Waals surface area (Å²) in [5, 5.41) is 1.37. The maximum absolute atomic E-state index is 6.63. The first-order valence-electron chi connectivity index (χ1n) is 9.30. The summed E-state index contributed by atoms with van der Waals surface area (Å²) in [6, 6.07) is 8.87. The molecule has 0 aliphatic rings. The number of aryl methyl sites for hydroxylation is 1. The quantitative estimate of drug-likeness (QED) is 0.543. The third kappa shape index (κ3) is 6.70. The Labute approximate surface area is 151 Å². The van der Waals surface area contributed by atoms with Crippen LogP contribution in [0, 0.1) is 24.2 Å². The van der Waals surface area contributed by atoms with Gasteiger partial charge in [0.15, 0.2) is 0 Å². The molecule has 0 fully saturated rings. The molecule has 138 valence electrons. The first kappa shape index (κ1) is 21.4. The highest BCUT2D eigenvalue weighted by atomic mass is 28.4. The number of hydrogen-bond donors (Lipinski definition) is 0. The van der Waals surface area contributed by atoms with Crippen LogP contribution in [0.2, 0.25) is 13.1 Å². The number of ether oxygens (including phenoxy) is 1. The van der Waals surface area contributed by atoms with Crippen molar-refractivity contribution in [2.24, 2.45) is 17.3 Å². The second-order valence-electron chi connectivity index (χ2n) is 8.79. The average molecular weight is 351 g/mol. The Morgan fingerprint density at radius 1 is 0.917 bits per heavy atom. The molecule has 0 spiro atoms. The molecule has 24 heavy (non-hydrogen) atoms. The SMILES string of the molecule is COCC(CO[Si](C)(C)c1ccc(C)cc1)(CC(C)C)CC(C)C. The van der Waals surface area contributed by atoms with Gasteiger partial charge in [-0.05, 0) is 49.9 Å². The molecule has 0 aromatic heterocycles. The molecule has 1 aromatic rings. The minimum atomic E-state index is -1.90. The highest BCUT2D eigenvalue weighted by molar-refractivity contribution is 6.84. The second-order valence-corrected chi connectivity index (χ2v) is 12.7. The Kier molecular flexibility index (Phi) is 8.17. The Morgan fingerprint density at radius 2 is 1.42 bits per heavy atom. The predicted molar refractivity (Wildman–Crippen MR) is 107 cm³/mol. The van der Waals surface area contributed by atoms with E-state index in [-0.39, 0.29) is 5.41 Å². The Balaban J connectivity index is 2.93. The lowest BCUT2D eigenvalue weighted by molar-refractivity contribution is 0.00604. The lowest BCUT2D eigenvalue weighted by atomic mass is 9.75. The molecule has 2 nitrogen and oxygen atoms in total. The van der Waals surface area contributed by atoms with Gasteiger partial charge < -0.3 is 9.16 Å². The third-order valence-electron chi connectivity index (χ3n) is 4.62. The molecule has 0 aliphatic heterocycles. The first-order chi connectivity index (χ1) is 11.1. The third-order valence-corrected chi connectivity index (χ3v) is 7.21. The van der Waals surface area contributed by atoms with Crippen molar-refractivity contribution >= 4 is 13.5 Å². The lowest BCUT2D eigenvalue weighted by Gasteiger charge is -2.39. The molecule has 0 aliphatic carbocycles. The molecule has 0 saturated carbocycles. The highest BCUT2D eigenvalue weighted by Crippen LogP contribution is 2.35. The van der Waals surface area contributed by atoms with E-state index in [0.717, 1.165) is 26.1 Å². The van der Waals surface area contributed by atoms with E-state index in [0.29, 0.717) is 11.8 Å². The van der Waals surface area contributed by atoms with E-state index in [1.165, 1.54) is 10.8 Å². The average Bonchev–Trinajstić information content (AvgIpc) is 2.45. The largest absolute Gasteiger partial charge is 0.412 e. The number of rotatable bonds is 10. The van der Waals surface area contributed by atoms with E-state index >= 15 is 0 Å². The minimum absolute atomic E-state index is 0.117. The van der Waals surface area contributed by atoms with Crippen molar-refractivity contribution in [1.82, 2.24) is 0 Å². The molecule has 0 unspecified atom stereocenters. The van der Waals surface area contributed by atoms with Crippen molar-refractivity contribution in [2.75, 3.05) is 20.3 Å². The van der Waals surface area contributed by atoms with Gasteiger partial charge in [0, 0.05) is 19.1 Å². The second kappa shape index (κ2) is 9.16. The van der Waals surface area contributed by atoms with E-state index < -0.39 is 8.32 Å². The van der Waals surface area contributed by atoms with Crippen LogP contribution in [0.5, 0.6) is 0 Å². The Morgan fingerprint density at radius 3 is 1.83 bits per heavy atom. The number of benzene rings is 1. The fourth-order valence-electron chi connectivity index (χ4n) is 3.77. The van der Waals surface area contributed by atoms with E-state index in [2.05, 4.69) is 72.0 Å². The maximum Gasteiger partial charge on any atom is 0.218 e. The zero-order valence-corrected chi connectivity index (χ0v) is 18.1. The van der Waals surface area contributed by atoms with Gasteiger partial charge in [-0.15, -0.1) is 0 Å². The van der Waals surface area contributed by atoms with E-state index in [1.54, 1.807) is 0 Å². The van der Waals surface area contributed by atoms with Gasteiger partial charge in [-0.2, -0.15) is 0 Å². The van der Waals surface area contributed by atoms with Crippen LogP contribution in [0.1, 0.15) is 46.1 Å². The fourth-order valence-corrected chi connectivity index (χ4v) is 5.57. The molecule has 0 atom stereocenters. The van der Waals surface area contributed by atoms with Crippen molar-refractivity contribution in [1.29, 1.82) is 0 Å². The predicted octanol–water partition coefficient (Wildman–Crippen LogP) is 5.15. The van der Waals surface area contributed by atoms with E-state index in [1.807, 2.05) is 7.11 Å². The summed E-state index contributed by atoms with van der Waals surface area (Å²) < 4.78 is 12.3. The van der Waals surface area contributed by atoms with E-state index in [9.17, 15) is 0 Å². The molecule has 3 heteroatoms.